The molecule has 0 saturated heterocycles. The zero-order chi connectivity index (χ0) is 20.7. The number of hydrogen-bond acceptors (Lipinski definition) is 6. The van der Waals surface area contributed by atoms with Gasteiger partial charge < -0.3 is 8.92 Å². The second-order valence-electron chi connectivity index (χ2n) is 5.85. The lowest BCUT2D eigenvalue weighted by molar-refractivity contribution is 0.0955. The minimum Gasteiger partial charge on any atom is -0.497 e. The van der Waals surface area contributed by atoms with Crippen molar-refractivity contribution in [2.75, 3.05) is 7.11 Å². The van der Waals surface area contributed by atoms with Crippen LogP contribution in [-0.2, 0) is 10.1 Å². The first-order valence-corrected chi connectivity index (χ1v) is 9.96. The van der Waals surface area contributed by atoms with Crippen LogP contribution in [0, 0.1) is 0 Å². The summed E-state index contributed by atoms with van der Waals surface area (Å²) in [6.45, 7) is 0. The van der Waals surface area contributed by atoms with Gasteiger partial charge >= 0.3 is 10.1 Å². The van der Waals surface area contributed by atoms with E-state index in [0.717, 1.165) is 0 Å². The third kappa shape index (κ3) is 5.43. The fraction of sp³-hybridized carbons (Fsp3) is 0.0476. The summed E-state index contributed by atoms with van der Waals surface area (Å²) >= 11 is 0. The van der Waals surface area contributed by atoms with E-state index < -0.39 is 10.1 Å². The van der Waals surface area contributed by atoms with Crippen molar-refractivity contribution in [3.8, 4) is 11.5 Å². The number of nitrogens with one attached hydrogen (secondary N) is 1. The minimum absolute atomic E-state index is 0.0758. The Hall–Kier alpha value is -3.65. The number of methoxy groups -OCH3 is 1. The summed E-state index contributed by atoms with van der Waals surface area (Å²) in [5, 5.41) is 3.90. The first-order valence-electron chi connectivity index (χ1n) is 8.55. The highest BCUT2D eigenvalue weighted by Gasteiger charge is 2.15. The molecule has 3 aromatic carbocycles. The van der Waals surface area contributed by atoms with E-state index in [1.54, 1.807) is 61.7 Å². The van der Waals surface area contributed by atoms with Gasteiger partial charge in [0.05, 0.1) is 13.3 Å². The fourth-order valence-corrected chi connectivity index (χ4v) is 3.29. The number of hydrogen-bond donors (Lipinski definition) is 1. The monoisotopic (exact) mass is 410 g/mol. The van der Waals surface area contributed by atoms with Gasteiger partial charge in [-0.05, 0) is 66.2 Å². The molecule has 0 fully saturated rings. The van der Waals surface area contributed by atoms with Gasteiger partial charge in [0.1, 0.15) is 16.4 Å². The first-order chi connectivity index (χ1) is 14.0. The molecule has 29 heavy (non-hydrogen) atoms. The van der Waals surface area contributed by atoms with Crippen LogP contribution in [0.4, 0.5) is 0 Å². The zero-order valence-corrected chi connectivity index (χ0v) is 16.3. The summed E-state index contributed by atoms with van der Waals surface area (Å²) in [6.07, 6.45) is 1.44. The number of benzene rings is 3. The Labute approximate surface area is 168 Å². The Morgan fingerprint density at radius 3 is 2.14 bits per heavy atom. The molecule has 0 heterocycles. The van der Waals surface area contributed by atoms with Gasteiger partial charge in [-0.1, -0.05) is 18.2 Å². The van der Waals surface area contributed by atoms with Crippen molar-refractivity contribution >= 4 is 22.2 Å². The lowest BCUT2D eigenvalue weighted by Crippen LogP contribution is -2.17. The average Bonchev–Trinajstić information content (AvgIpc) is 2.75. The van der Waals surface area contributed by atoms with Gasteiger partial charge in [0.2, 0.25) is 0 Å². The normalized spacial score (nSPS) is 11.2. The number of carbonyl (C=O) groups excluding carboxylic acids is 1. The van der Waals surface area contributed by atoms with Gasteiger partial charge in [0, 0.05) is 5.56 Å². The molecule has 0 aromatic heterocycles. The Kier molecular flexibility index (Phi) is 6.25. The van der Waals surface area contributed by atoms with Crippen molar-refractivity contribution in [3.05, 3.63) is 90.0 Å². The second kappa shape index (κ2) is 9.03. The van der Waals surface area contributed by atoms with Crippen LogP contribution in [-0.4, -0.2) is 27.6 Å². The SMILES string of the molecule is COc1ccc(C(=O)N/N=C\c2ccc(OS(=O)(=O)c3ccccc3)cc2)cc1. The molecule has 0 spiro atoms. The van der Waals surface area contributed by atoms with Crippen LogP contribution < -0.4 is 14.3 Å². The van der Waals surface area contributed by atoms with Crippen LogP contribution >= 0.6 is 0 Å². The van der Waals surface area contributed by atoms with E-state index in [9.17, 15) is 13.2 Å². The maximum Gasteiger partial charge on any atom is 0.339 e. The van der Waals surface area contributed by atoms with Crippen LogP contribution in [0.1, 0.15) is 15.9 Å². The number of nitrogens with zero attached hydrogens (tertiary/aromatic N) is 1. The molecule has 3 aromatic rings. The van der Waals surface area contributed by atoms with Crippen LogP contribution in [0.2, 0.25) is 0 Å². The standard InChI is InChI=1S/C21H18N2O5S/c1-27-18-13-9-17(10-14-18)21(24)23-22-15-16-7-11-19(12-8-16)28-29(25,26)20-5-3-2-4-6-20/h2-15H,1H3,(H,23,24)/b22-15-. The van der Waals surface area contributed by atoms with Gasteiger partial charge in [-0.15, -0.1) is 0 Å². The summed E-state index contributed by atoms with van der Waals surface area (Å²) in [4.78, 5) is 12.1. The molecule has 1 amide bonds. The smallest absolute Gasteiger partial charge is 0.339 e. The van der Waals surface area contributed by atoms with Crippen LogP contribution in [0.15, 0.2) is 88.9 Å². The van der Waals surface area contributed by atoms with Crippen molar-refractivity contribution in [1.82, 2.24) is 5.43 Å². The molecule has 7 nitrogen and oxygen atoms in total. The Morgan fingerprint density at radius 2 is 1.52 bits per heavy atom. The molecule has 0 aliphatic rings. The lowest BCUT2D eigenvalue weighted by Gasteiger charge is -2.07. The summed E-state index contributed by atoms with van der Waals surface area (Å²) < 4.78 is 34.6. The van der Waals surface area contributed by atoms with Gasteiger partial charge in [-0.3, -0.25) is 4.79 Å². The largest absolute Gasteiger partial charge is 0.497 e. The van der Waals surface area contributed by atoms with Gasteiger partial charge in [0.25, 0.3) is 5.91 Å². The molecule has 0 saturated carbocycles. The van der Waals surface area contributed by atoms with Crippen molar-refractivity contribution in [2.45, 2.75) is 4.90 Å². The Morgan fingerprint density at radius 1 is 0.897 bits per heavy atom. The van der Waals surface area contributed by atoms with E-state index in [4.69, 9.17) is 8.92 Å². The number of amides is 1. The van der Waals surface area contributed by atoms with Gasteiger partial charge in [0.15, 0.2) is 0 Å². The number of ether oxygens (including phenoxy) is 1. The van der Waals surface area contributed by atoms with Crippen molar-refractivity contribution in [1.29, 1.82) is 0 Å². The highest BCUT2D eigenvalue weighted by atomic mass is 32.2. The number of rotatable bonds is 7. The van der Waals surface area contributed by atoms with E-state index in [1.807, 2.05) is 0 Å². The molecular weight excluding hydrogens is 392 g/mol. The molecular formula is C21H18N2O5S. The molecule has 0 bridgehead atoms. The quantitative estimate of drug-likeness (QED) is 0.367. The summed E-state index contributed by atoms with van der Waals surface area (Å²) in [5.41, 5.74) is 3.52. The van der Waals surface area contributed by atoms with E-state index in [-0.39, 0.29) is 16.6 Å². The minimum atomic E-state index is -3.89. The molecule has 0 aliphatic heterocycles. The van der Waals surface area contributed by atoms with Crippen molar-refractivity contribution < 1.29 is 22.1 Å². The van der Waals surface area contributed by atoms with E-state index in [2.05, 4.69) is 10.5 Å². The lowest BCUT2D eigenvalue weighted by atomic mass is 10.2. The summed E-state index contributed by atoms with van der Waals surface area (Å²) in [6, 6.07) is 20.8. The Balaban J connectivity index is 1.59. The molecule has 3 rings (SSSR count). The topological polar surface area (TPSA) is 94.1 Å². The van der Waals surface area contributed by atoms with Crippen molar-refractivity contribution in [3.63, 3.8) is 0 Å². The zero-order valence-electron chi connectivity index (χ0n) is 15.5. The van der Waals surface area contributed by atoms with Gasteiger partial charge in [-0.25, -0.2) is 5.43 Å². The molecule has 148 valence electrons. The summed E-state index contributed by atoms with van der Waals surface area (Å²) in [7, 11) is -2.34. The molecule has 1 N–H and O–H groups in total. The van der Waals surface area contributed by atoms with Crippen LogP contribution in [0.25, 0.3) is 0 Å². The molecule has 0 radical (unpaired) electrons. The van der Waals surface area contributed by atoms with E-state index in [1.165, 1.54) is 30.5 Å². The second-order valence-corrected chi connectivity index (χ2v) is 7.39. The fourth-order valence-electron chi connectivity index (χ4n) is 2.34. The predicted molar refractivity (Wildman–Crippen MR) is 109 cm³/mol. The highest BCUT2D eigenvalue weighted by molar-refractivity contribution is 7.87. The van der Waals surface area contributed by atoms with Crippen LogP contribution in [0.3, 0.4) is 0 Å². The van der Waals surface area contributed by atoms with Crippen LogP contribution in [0.5, 0.6) is 11.5 Å². The van der Waals surface area contributed by atoms with E-state index >= 15 is 0 Å². The van der Waals surface area contributed by atoms with E-state index in [0.29, 0.717) is 16.9 Å². The van der Waals surface area contributed by atoms with Crippen molar-refractivity contribution in [2.24, 2.45) is 5.10 Å². The summed E-state index contributed by atoms with van der Waals surface area (Å²) in [5.74, 6) is 0.465. The number of carbonyl (C=O) groups is 1. The first kappa shape index (κ1) is 20.1. The molecule has 8 heteroatoms. The molecule has 0 unspecified atom stereocenters. The maximum absolute atomic E-state index is 12.2. The number of hydrazone groups is 1. The molecule has 0 aliphatic carbocycles. The molecule has 0 atom stereocenters. The van der Waals surface area contributed by atoms with Gasteiger partial charge in [-0.2, -0.15) is 13.5 Å². The highest BCUT2D eigenvalue weighted by Crippen LogP contribution is 2.18. The third-order valence-corrected chi connectivity index (χ3v) is 5.11. The predicted octanol–water partition coefficient (Wildman–Crippen LogP) is 3.23. The average molecular weight is 410 g/mol. The maximum atomic E-state index is 12.2. The third-order valence-electron chi connectivity index (χ3n) is 3.85. The Bertz CT molecular complexity index is 1090.